The highest BCUT2D eigenvalue weighted by molar-refractivity contribution is 7.99. The molecule has 1 aromatic carbocycles. The normalized spacial score (nSPS) is 17.1. The van der Waals surface area contributed by atoms with Crippen molar-refractivity contribution in [3.63, 3.8) is 0 Å². The molecule has 1 N–H and O–H groups in total. The number of hydrogen-bond acceptors (Lipinski definition) is 8. The summed E-state index contributed by atoms with van der Waals surface area (Å²) in [7, 11) is 0. The summed E-state index contributed by atoms with van der Waals surface area (Å²) in [5.74, 6) is 4.86. The molecule has 2 saturated heterocycles. The maximum atomic E-state index is 11.7. The third-order valence-electron chi connectivity index (χ3n) is 7.01. The van der Waals surface area contributed by atoms with Crippen molar-refractivity contribution in [2.24, 2.45) is 0 Å². The van der Waals surface area contributed by atoms with E-state index in [1.807, 2.05) is 30.4 Å². The van der Waals surface area contributed by atoms with Crippen LogP contribution in [0.3, 0.4) is 0 Å². The quantitative estimate of drug-likeness (QED) is 0.535. The van der Waals surface area contributed by atoms with Gasteiger partial charge in [-0.2, -0.15) is 11.8 Å². The number of amides is 1. The van der Waals surface area contributed by atoms with E-state index in [1.165, 1.54) is 11.8 Å². The first-order valence-corrected chi connectivity index (χ1v) is 13.3. The second-order valence-electron chi connectivity index (χ2n) is 9.31. The Kier molecular flexibility index (Phi) is 6.00. The summed E-state index contributed by atoms with van der Waals surface area (Å²) in [5.41, 5.74) is 6.18. The summed E-state index contributed by atoms with van der Waals surface area (Å²) in [4.78, 5) is 29.8. The molecule has 8 nitrogen and oxygen atoms in total. The largest absolute Gasteiger partial charge is 0.486 e. The smallest absolute Gasteiger partial charge is 0.246 e. The van der Waals surface area contributed by atoms with Gasteiger partial charge in [-0.25, -0.2) is 15.0 Å². The lowest BCUT2D eigenvalue weighted by Crippen LogP contribution is -2.48. The third-order valence-corrected chi connectivity index (χ3v) is 7.95. The summed E-state index contributed by atoms with van der Waals surface area (Å²) < 4.78 is 6.33. The van der Waals surface area contributed by atoms with E-state index >= 15 is 0 Å². The third kappa shape index (κ3) is 4.17. The second kappa shape index (κ2) is 9.46. The molecule has 0 spiro atoms. The minimum absolute atomic E-state index is 0.0452. The number of aryl methyl sites for hydroxylation is 1. The molecular weight excluding hydrogens is 472 g/mol. The van der Waals surface area contributed by atoms with Crippen LogP contribution < -0.4 is 15.0 Å². The molecule has 0 unspecified atom stereocenters. The Morgan fingerprint density at radius 2 is 1.94 bits per heavy atom. The average molecular weight is 501 g/mol. The highest BCUT2D eigenvalue weighted by Gasteiger charge is 2.32. The number of carbonyl (C=O) groups is 1. The SMILES string of the molecule is C=CC(=O)N1CC(c2ncc(-c3cc(C)c4c(c3)Nc3nccc(N5CCSCC5)c3CO4)cn2)C1. The molecule has 2 aromatic heterocycles. The number of benzene rings is 1. The first kappa shape index (κ1) is 22.8. The Hall–Kier alpha value is -3.59. The molecule has 1 amide bonds. The van der Waals surface area contributed by atoms with Crippen LogP contribution in [0.2, 0.25) is 0 Å². The predicted octanol–water partition coefficient (Wildman–Crippen LogP) is 4.15. The van der Waals surface area contributed by atoms with E-state index in [-0.39, 0.29) is 11.8 Å². The van der Waals surface area contributed by atoms with Gasteiger partial charge in [0, 0.05) is 67.5 Å². The number of anilines is 3. The van der Waals surface area contributed by atoms with Gasteiger partial charge in [0.1, 0.15) is 24.0 Å². The zero-order valence-electron chi connectivity index (χ0n) is 20.2. The van der Waals surface area contributed by atoms with E-state index in [4.69, 9.17) is 4.74 Å². The van der Waals surface area contributed by atoms with E-state index in [9.17, 15) is 4.79 Å². The molecule has 3 aromatic rings. The summed E-state index contributed by atoms with van der Waals surface area (Å²) in [6.07, 6.45) is 6.94. The Labute approximate surface area is 214 Å². The van der Waals surface area contributed by atoms with Crippen LogP contribution in [0.4, 0.5) is 17.2 Å². The van der Waals surface area contributed by atoms with Gasteiger partial charge in [0.25, 0.3) is 0 Å². The second-order valence-corrected chi connectivity index (χ2v) is 10.5. The van der Waals surface area contributed by atoms with E-state index in [0.717, 1.165) is 69.9 Å². The minimum atomic E-state index is -0.0452. The van der Waals surface area contributed by atoms with Gasteiger partial charge >= 0.3 is 0 Å². The number of carbonyl (C=O) groups excluding carboxylic acids is 1. The maximum absolute atomic E-state index is 11.7. The zero-order valence-corrected chi connectivity index (χ0v) is 21.1. The van der Waals surface area contributed by atoms with Crippen LogP contribution >= 0.6 is 11.8 Å². The average Bonchev–Trinajstić information content (AvgIpc) is 3.08. The number of thioether (sulfide) groups is 1. The summed E-state index contributed by atoms with van der Waals surface area (Å²) in [6, 6.07) is 6.29. The Morgan fingerprint density at radius 1 is 1.17 bits per heavy atom. The van der Waals surface area contributed by atoms with Crippen LogP contribution in [0.15, 0.2) is 49.4 Å². The van der Waals surface area contributed by atoms with Crippen LogP contribution in [-0.2, 0) is 11.4 Å². The van der Waals surface area contributed by atoms with Gasteiger partial charge in [0.05, 0.1) is 17.2 Å². The lowest BCUT2D eigenvalue weighted by atomic mass is 9.98. The molecule has 3 aliphatic heterocycles. The van der Waals surface area contributed by atoms with Crippen molar-refractivity contribution in [2.45, 2.75) is 19.4 Å². The van der Waals surface area contributed by atoms with E-state index < -0.39 is 0 Å². The first-order chi connectivity index (χ1) is 17.6. The van der Waals surface area contributed by atoms with Crippen molar-refractivity contribution in [3.8, 4) is 16.9 Å². The Balaban J connectivity index is 1.25. The molecule has 0 radical (unpaired) electrons. The highest BCUT2D eigenvalue weighted by atomic mass is 32.2. The molecular formula is C27H28N6O2S. The number of aromatic nitrogens is 3. The van der Waals surface area contributed by atoms with Crippen molar-refractivity contribution in [3.05, 3.63) is 66.4 Å². The monoisotopic (exact) mass is 500 g/mol. The number of nitrogens with one attached hydrogen (secondary N) is 1. The van der Waals surface area contributed by atoms with Gasteiger partial charge in [-0.15, -0.1) is 0 Å². The van der Waals surface area contributed by atoms with Gasteiger partial charge in [0.2, 0.25) is 5.91 Å². The van der Waals surface area contributed by atoms with Crippen LogP contribution in [0.5, 0.6) is 5.75 Å². The predicted molar refractivity (Wildman–Crippen MR) is 143 cm³/mol. The number of pyridine rings is 1. The number of rotatable bonds is 4. The van der Waals surface area contributed by atoms with Crippen molar-refractivity contribution in [1.82, 2.24) is 19.9 Å². The zero-order chi connectivity index (χ0) is 24.6. The molecule has 5 heterocycles. The molecule has 6 rings (SSSR count). The molecule has 0 aliphatic carbocycles. The molecule has 36 heavy (non-hydrogen) atoms. The first-order valence-electron chi connectivity index (χ1n) is 12.2. The van der Waals surface area contributed by atoms with Crippen molar-refractivity contribution < 1.29 is 9.53 Å². The van der Waals surface area contributed by atoms with Gasteiger partial charge < -0.3 is 19.9 Å². The Morgan fingerprint density at radius 3 is 2.69 bits per heavy atom. The van der Waals surface area contributed by atoms with Gasteiger partial charge in [-0.05, 0) is 42.3 Å². The lowest BCUT2D eigenvalue weighted by Gasteiger charge is -2.37. The lowest BCUT2D eigenvalue weighted by molar-refractivity contribution is -0.130. The number of fused-ring (bicyclic) bond motifs is 2. The fourth-order valence-electron chi connectivity index (χ4n) is 4.98. The molecule has 3 aliphatic rings. The van der Waals surface area contributed by atoms with Crippen molar-refractivity contribution in [1.29, 1.82) is 0 Å². The standard InChI is InChI=1S/C27H28N6O2S/c1-3-24(34)33-14-20(15-33)26-29-12-19(13-30-26)18-10-17(2)25-22(11-18)31-27-21(16-35-25)23(4-5-28-27)32-6-8-36-9-7-32/h3-5,10-13,20H,1,6-9,14-16H2,2H3,(H,28,31). The molecule has 184 valence electrons. The van der Waals surface area contributed by atoms with Gasteiger partial charge in [-0.3, -0.25) is 4.79 Å². The van der Waals surface area contributed by atoms with Crippen LogP contribution in [0.1, 0.15) is 22.9 Å². The molecule has 2 fully saturated rings. The molecule has 0 atom stereocenters. The summed E-state index contributed by atoms with van der Waals surface area (Å²) >= 11 is 2.00. The fourth-order valence-corrected chi connectivity index (χ4v) is 5.88. The molecule has 0 bridgehead atoms. The summed E-state index contributed by atoms with van der Waals surface area (Å²) in [6.45, 7) is 9.43. The van der Waals surface area contributed by atoms with E-state index in [2.05, 4.69) is 56.9 Å². The Bertz CT molecular complexity index is 1320. The number of nitrogens with zero attached hydrogens (tertiary/aromatic N) is 5. The number of likely N-dealkylation sites (tertiary alicyclic amines) is 1. The highest BCUT2D eigenvalue weighted by Crippen LogP contribution is 2.41. The fraction of sp³-hybridized carbons (Fsp3) is 0.333. The van der Waals surface area contributed by atoms with Crippen LogP contribution in [0, 0.1) is 6.92 Å². The van der Waals surface area contributed by atoms with Crippen LogP contribution in [-0.4, -0.2) is 63.4 Å². The van der Waals surface area contributed by atoms with Crippen molar-refractivity contribution >= 4 is 34.9 Å². The van der Waals surface area contributed by atoms with Gasteiger partial charge in [-0.1, -0.05) is 6.58 Å². The molecule has 0 saturated carbocycles. The summed E-state index contributed by atoms with van der Waals surface area (Å²) in [5, 5.41) is 3.55. The topological polar surface area (TPSA) is 83.5 Å². The number of ether oxygens (including phenoxy) is 1. The number of hydrogen-bond donors (Lipinski definition) is 1. The minimum Gasteiger partial charge on any atom is -0.486 e. The van der Waals surface area contributed by atoms with Crippen LogP contribution in [0.25, 0.3) is 11.1 Å². The maximum Gasteiger partial charge on any atom is 0.246 e. The van der Waals surface area contributed by atoms with Crippen molar-refractivity contribution in [2.75, 3.05) is 47.9 Å². The van der Waals surface area contributed by atoms with E-state index in [1.54, 1.807) is 4.90 Å². The van der Waals surface area contributed by atoms with E-state index in [0.29, 0.717) is 19.7 Å². The molecule has 9 heteroatoms. The van der Waals surface area contributed by atoms with Gasteiger partial charge in [0.15, 0.2) is 0 Å².